The lowest BCUT2D eigenvalue weighted by Crippen LogP contribution is -2.54. The molecule has 2 N–H and O–H groups in total. The van der Waals surface area contributed by atoms with Crippen LogP contribution >= 0.6 is 11.3 Å². The molecule has 4 heterocycles. The summed E-state index contributed by atoms with van der Waals surface area (Å²) >= 11 is 0.834. The molecule has 2 aliphatic carbocycles. The van der Waals surface area contributed by atoms with Crippen LogP contribution < -0.4 is 14.9 Å². The van der Waals surface area contributed by atoms with Crippen LogP contribution in [0.1, 0.15) is 69.5 Å². The Bertz CT molecular complexity index is 1420. The topological polar surface area (TPSA) is 105 Å². The van der Waals surface area contributed by atoms with Gasteiger partial charge in [-0.2, -0.15) is 5.10 Å². The van der Waals surface area contributed by atoms with E-state index >= 15 is 0 Å². The monoisotopic (exact) mass is 537 g/mol. The van der Waals surface area contributed by atoms with Crippen LogP contribution in [0.15, 0.2) is 17.0 Å². The molecule has 3 fully saturated rings. The predicted octanol–water partition coefficient (Wildman–Crippen LogP) is 3.69. The first kappa shape index (κ1) is 24.1. The minimum absolute atomic E-state index is 0.138. The average molecular weight is 538 g/mol. The Hall–Kier alpha value is -2.22. The van der Waals surface area contributed by atoms with Crippen molar-refractivity contribution in [2.24, 2.45) is 0 Å². The molecule has 2 atom stereocenters. The van der Waals surface area contributed by atoms with Gasteiger partial charge in [0.25, 0.3) is 6.43 Å². The fourth-order valence-corrected chi connectivity index (χ4v) is 7.23. The molecule has 0 unspecified atom stereocenters. The normalized spacial score (nSPS) is 24.1. The quantitative estimate of drug-likeness (QED) is 0.474. The van der Waals surface area contributed by atoms with E-state index in [4.69, 9.17) is 5.10 Å². The van der Waals surface area contributed by atoms with E-state index in [2.05, 4.69) is 39.0 Å². The molecular formula is C23H29F2N7O2S2. The summed E-state index contributed by atoms with van der Waals surface area (Å²) in [6, 6.07) is 3.68. The number of halogens is 2. The highest BCUT2D eigenvalue weighted by Crippen LogP contribution is 2.47. The SMILES string of the molecule is C[C@H]1CN(c2cc(S(=O)(=O)NC3(C)CC3)cc3c(-c4nnc(C(F)F)s4)c(C4CC4)nn23)C[C@H](C)N1. The van der Waals surface area contributed by atoms with Crippen molar-refractivity contribution in [2.75, 3.05) is 18.0 Å². The first-order valence-corrected chi connectivity index (χ1v) is 14.6. The van der Waals surface area contributed by atoms with E-state index in [0.29, 0.717) is 35.0 Å². The van der Waals surface area contributed by atoms with Crippen LogP contribution in [-0.2, 0) is 10.0 Å². The molecule has 0 aromatic carbocycles. The minimum atomic E-state index is -3.82. The number of rotatable bonds is 7. The predicted molar refractivity (Wildman–Crippen MR) is 133 cm³/mol. The van der Waals surface area contributed by atoms with Gasteiger partial charge in [-0.1, -0.05) is 11.3 Å². The van der Waals surface area contributed by atoms with Crippen LogP contribution in [0, 0.1) is 0 Å². The van der Waals surface area contributed by atoms with Crippen molar-refractivity contribution >= 4 is 32.7 Å². The molecule has 0 radical (unpaired) electrons. The number of nitrogens with one attached hydrogen (secondary N) is 2. The summed E-state index contributed by atoms with van der Waals surface area (Å²) in [5, 5.41) is 16.2. The van der Waals surface area contributed by atoms with Gasteiger partial charge in [-0.3, -0.25) is 0 Å². The number of nitrogens with zero attached hydrogens (tertiary/aromatic N) is 5. The maximum absolute atomic E-state index is 13.5. The lowest BCUT2D eigenvalue weighted by atomic mass is 10.1. The number of hydrogen-bond acceptors (Lipinski definition) is 8. The number of sulfonamides is 1. The first-order chi connectivity index (χ1) is 17.0. The van der Waals surface area contributed by atoms with Gasteiger partial charge in [0.2, 0.25) is 10.0 Å². The van der Waals surface area contributed by atoms with Gasteiger partial charge >= 0.3 is 0 Å². The highest BCUT2D eigenvalue weighted by molar-refractivity contribution is 7.89. The van der Waals surface area contributed by atoms with Crippen molar-refractivity contribution in [1.29, 1.82) is 0 Å². The van der Waals surface area contributed by atoms with Crippen LogP contribution in [0.5, 0.6) is 0 Å². The molecule has 9 nitrogen and oxygen atoms in total. The number of aromatic nitrogens is 4. The number of pyridine rings is 1. The molecule has 3 aromatic rings. The molecule has 1 aliphatic heterocycles. The van der Waals surface area contributed by atoms with Gasteiger partial charge < -0.3 is 10.2 Å². The number of piperazine rings is 1. The molecule has 1 saturated heterocycles. The molecule has 0 amide bonds. The van der Waals surface area contributed by atoms with Gasteiger partial charge in [-0.05, 0) is 52.5 Å². The second-order valence-electron chi connectivity index (χ2n) is 10.7. The Labute approximate surface area is 212 Å². The van der Waals surface area contributed by atoms with Crippen molar-refractivity contribution in [3.8, 4) is 10.6 Å². The highest BCUT2D eigenvalue weighted by atomic mass is 32.2. The van der Waals surface area contributed by atoms with Gasteiger partial charge in [0, 0.05) is 42.7 Å². The molecule has 6 rings (SSSR count). The lowest BCUT2D eigenvalue weighted by molar-refractivity contribution is 0.150. The zero-order valence-corrected chi connectivity index (χ0v) is 22.0. The van der Waals surface area contributed by atoms with E-state index in [9.17, 15) is 17.2 Å². The Balaban J connectivity index is 1.58. The Morgan fingerprint density at radius 2 is 1.86 bits per heavy atom. The Morgan fingerprint density at radius 3 is 2.44 bits per heavy atom. The first-order valence-electron chi connectivity index (χ1n) is 12.3. The van der Waals surface area contributed by atoms with Crippen LogP contribution in [0.4, 0.5) is 14.6 Å². The fraction of sp³-hybridized carbons (Fsp3) is 0.609. The maximum atomic E-state index is 13.5. The van der Waals surface area contributed by atoms with E-state index in [0.717, 1.165) is 42.7 Å². The van der Waals surface area contributed by atoms with E-state index in [-0.39, 0.29) is 27.9 Å². The standard InChI is InChI=1S/C23H29F2N7O2S2/c1-12-10-31(11-13(2)26-12)17-9-15(36(33,34)30-23(3)6-7-23)8-16-18(19(14-4-5-14)29-32(16)17)21-27-28-22(35-21)20(24)25/h8-9,12-14,20,26,30H,4-7,10-11H2,1-3H3/t12-,13-/m0/s1. The number of anilines is 1. The fourth-order valence-electron chi connectivity index (χ4n) is 4.97. The molecule has 2 saturated carbocycles. The number of alkyl halides is 2. The van der Waals surface area contributed by atoms with Gasteiger partial charge in [0.15, 0.2) is 10.0 Å². The minimum Gasteiger partial charge on any atom is -0.353 e. The lowest BCUT2D eigenvalue weighted by Gasteiger charge is -2.37. The molecule has 0 bridgehead atoms. The summed E-state index contributed by atoms with van der Waals surface area (Å²) in [6.07, 6.45) is 0.748. The summed E-state index contributed by atoms with van der Waals surface area (Å²) in [5.41, 5.74) is 1.48. The summed E-state index contributed by atoms with van der Waals surface area (Å²) in [7, 11) is -3.82. The van der Waals surface area contributed by atoms with Gasteiger partial charge in [0.1, 0.15) is 5.82 Å². The van der Waals surface area contributed by atoms with Crippen molar-refractivity contribution in [3.63, 3.8) is 0 Å². The summed E-state index contributed by atoms with van der Waals surface area (Å²) in [6.45, 7) is 7.43. The second-order valence-corrected chi connectivity index (χ2v) is 13.4. The zero-order valence-electron chi connectivity index (χ0n) is 20.3. The van der Waals surface area contributed by atoms with Gasteiger partial charge in [0.05, 0.1) is 21.7 Å². The van der Waals surface area contributed by atoms with Crippen molar-refractivity contribution in [2.45, 2.75) is 81.3 Å². The summed E-state index contributed by atoms with van der Waals surface area (Å²) < 4.78 is 58.3. The van der Waals surface area contributed by atoms with Crippen LogP contribution in [0.2, 0.25) is 0 Å². The Kier molecular flexibility index (Phi) is 5.63. The van der Waals surface area contributed by atoms with E-state index < -0.39 is 22.0 Å². The van der Waals surface area contributed by atoms with Crippen molar-refractivity contribution in [3.05, 3.63) is 22.8 Å². The Morgan fingerprint density at radius 1 is 1.17 bits per heavy atom. The van der Waals surface area contributed by atoms with Crippen LogP contribution in [0.25, 0.3) is 16.1 Å². The van der Waals surface area contributed by atoms with Crippen LogP contribution in [-0.4, -0.2) is 58.9 Å². The third-order valence-electron chi connectivity index (χ3n) is 7.09. The zero-order chi connectivity index (χ0) is 25.4. The van der Waals surface area contributed by atoms with Crippen LogP contribution in [0.3, 0.4) is 0 Å². The number of fused-ring (bicyclic) bond motifs is 1. The third-order valence-corrected chi connectivity index (χ3v) is 9.66. The summed E-state index contributed by atoms with van der Waals surface area (Å²) in [4.78, 5) is 2.29. The van der Waals surface area contributed by atoms with Gasteiger partial charge in [-0.25, -0.2) is 26.4 Å². The third kappa shape index (κ3) is 4.39. The molecule has 36 heavy (non-hydrogen) atoms. The van der Waals surface area contributed by atoms with E-state index in [1.807, 2.05) is 6.92 Å². The van der Waals surface area contributed by atoms with Gasteiger partial charge in [-0.15, -0.1) is 10.2 Å². The molecule has 194 valence electrons. The maximum Gasteiger partial charge on any atom is 0.291 e. The molecule has 0 spiro atoms. The molecular weight excluding hydrogens is 508 g/mol. The molecule has 3 aromatic heterocycles. The molecule has 3 aliphatic rings. The van der Waals surface area contributed by atoms with E-state index in [1.54, 1.807) is 16.6 Å². The number of hydrogen-bond donors (Lipinski definition) is 2. The summed E-state index contributed by atoms with van der Waals surface area (Å²) in [5.74, 6) is 0.858. The molecule has 13 heteroatoms. The average Bonchev–Trinajstić information content (AvgIpc) is 3.67. The second kappa shape index (κ2) is 8.40. The van der Waals surface area contributed by atoms with Crippen molar-refractivity contribution in [1.82, 2.24) is 29.9 Å². The smallest absolute Gasteiger partial charge is 0.291 e. The highest BCUT2D eigenvalue weighted by Gasteiger charge is 2.42. The largest absolute Gasteiger partial charge is 0.353 e. The van der Waals surface area contributed by atoms with E-state index in [1.165, 1.54) is 0 Å². The van der Waals surface area contributed by atoms with Crippen molar-refractivity contribution < 1.29 is 17.2 Å².